The van der Waals surface area contributed by atoms with Gasteiger partial charge < -0.3 is 4.74 Å². The zero-order valence-electron chi connectivity index (χ0n) is 15.3. The number of rotatable bonds is 7. The molecule has 0 amide bonds. The van der Waals surface area contributed by atoms with Crippen LogP contribution < -0.4 is 9.46 Å². The van der Waals surface area contributed by atoms with Crippen LogP contribution in [0.5, 0.6) is 5.75 Å². The molecular weight excluding hydrogens is 453 g/mol. The largest absolute Gasteiger partial charge is 0.488 e. The van der Waals surface area contributed by atoms with Gasteiger partial charge in [-0.15, -0.1) is 11.3 Å². The van der Waals surface area contributed by atoms with E-state index in [2.05, 4.69) is 9.71 Å². The van der Waals surface area contributed by atoms with Gasteiger partial charge in [-0.05, 0) is 30.3 Å². The lowest BCUT2D eigenvalue weighted by molar-refractivity contribution is 0.0762. The second-order valence-electron chi connectivity index (χ2n) is 6.41. The first-order chi connectivity index (χ1) is 14.3. The Balaban J connectivity index is 1.47. The molecule has 0 aliphatic carbocycles. The van der Waals surface area contributed by atoms with Gasteiger partial charge in [0.1, 0.15) is 22.6 Å². The molecule has 8 nitrogen and oxygen atoms in total. The Bertz CT molecular complexity index is 1240. The van der Waals surface area contributed by atoms with E-state index >= 15 is 0 Å². The van der Waals surface area contributed by atoms with E-state index in [1.54, 1.807) is 17.5 Å². The molecule has 1 saturated heterocycles. The van der Waals surface area contributed by atoms with Crippen LogP contribution in [0.25, 0.3) is 0 Å². The topological polar surface area (TPSA) is 106 Å². The number of anilines is 1. The van der Waals surface area contributed by atoms with Crippen molar-refractivity contribution in [2.75, 3.05) is 17.8 Å². The van der Waals surface area contributed by atoms with E-state index in [-0.39, 0.29) is 29.2 Å². The van der Waals surface area contributed by atoms with Gasteiger partial charge in [0.2, 0.25) is 10.0 Å². The summed E-state index contributed by atoms with van der Waals surface area (Å²) in [5, 5.41) is 1.64. The highest BCUT2D eigenvalue weighted by Gasteiger charge is 2.38. The number of ether oxygens (including phenoxy) is 1. The molecule has 4 rings (SSSR count). The highest BCUT2D eigenvalue weighted by atomic mass is 32.2. The predicted octanol–water partition coefficient (Wildman–Crippen LogP) is 2.53. The van der Waals surface area contributed by atoms with Crippen LogP contribution in [0.15, 0.2) is 69.9 Å². The van der Waals surface area contributed by atoms with Crippen molar-refractivity contribution < 1.29 is 26.0 Å². The number of benzene rings is 2. The maximum atomic E-state index is 14.5. The molecular formula is C18H16FN3O5S3. The number of nitrogens with one attached hydrogen (secondary N) is 1. The summed E-state index contributed by atoms with van der Waals surface area (Å²) in [5.41, 5.74) is 0. The first-order valence-corrected chi connectivity index (χ1v) is 12.5. The zero-order valence-corrected chi connectivity index (χ0v) is 17.8. The Labute approximate surface area is 177 Å². The van der Waals surface area contributed by atoms with Gasteiger partial charge in [-0.2, -0.15) is 4.31 Å². The van der Waals surface area contributed by atoms with Gasteiger partial charge in [0.05, 0.1) is 18.0 Å². The summed E-state index contributed by atoms with van der Waals surface area (Å²) in [5.74, 6) is -0.536. The lowest BCUT2D eigenvalue weighted by atomic mass is 10.2. The van der Waals surface area contributed by atoms with E-state index in [0.29, 0.717) is 11.8 Å². The lowest BCUT2D eigenvalue weighted by Crippen LogP contribution is -2.55. The Morgan fingerprint density at radius 3 is 2.47 bits per heavy atom. The zero-order chi connectivity index (χ0) is 21.4. The van der Waals surface area contributed by atoms with Crippen LogP contribution in [-0.2, 0) is 20.0 Å². The smallest absolute Gasteiger partial charge is 0.266 e. The Morgan fingerprint density at radius 1 is 1.10 bits per heavy atom. The van der Waals surface area contributed by atoms with Crippen LogP contribution in [0.2, 0.25) is 0 Å². The number of sulfonamides is 2. The molecule has 0 bridgehead atoms. The van der Waals surface area contributed by atoms with E-state index in [0.717, 1.165) is 27.8 Å². The molecule has 158 valence electrons. The number of halogens is 1. The molecule has 1 aliphatic heterocycles. The maximum absolute atomic E-state index is 14.5. The summed E-state index contributed by atoms with van der Waals surface area (Å²) in [7, 11) is -8.21. The summed E-state index contributed by atoms with van der Waals surface area (Å²) in [6, 6.07) is 11.7. The molecule has 0 atom stereocenters. The fraction of sp³-hybridized carbons (Fsp3) is 0.167. The highest BCUT2D eigenvalue weighted by Crippen LogP contribution is 2.27. The molecule has 1 fully saturated rings. The third-order valence-corrected chi connectivity index (χ3v) is 8.36. The van der Waals surface area contributed by atoms with Crippen LogP contribution in [0.3, 0.4) is 0 Å². The van der Waals surface area contributed by atoms with Gasteiger partial charge in [-0.1, -0.05) is 18.2 Å². The van der Waals surface area contributed by atoms with Crippen molar-refractivity contribution in [1.29, 1.82) is 0 Å². The average Bonchev–Trinajstić information content (AvgIpc) is 3.17. The van der Waals surface area contributed by atoms with Crippen LogP contribution >= 0.6 is 11.3 Å². The molecule has 0 unspecified atom stereocenters. The molecule has 0 saturated carbocycles. The molecule has 2 heterocycles. The standard InChI is InChI=1S/C18H16FN3O5S3/c19-16-10-15(6-7-17(16)29(23,24)21-18-20-8-9-28-18)30(25,26)22-11-14(12-22)27-13-4-2-1-3-5-13/h1-10,14H,11-12H2,(H,20,21). The molecule has 12 heteroatoms. The van der Waals surface area contributed by atoms with Gasteiger partial charge in [-0.25, -0.2) is 26.2 Å². The first-order valence-electron chi connectivity index (χ1n) is 8.69. The monoisotopic (exact) mass is 469 g/mol. The molecule has 3 aromatic rings. The van der Waals surface area contributed by atoms with Gasteiger partial charge >= 0.3 is 0 Å². The van der Waals surface area contributed by atoms with Crippen molar-refractivity contribution >= 4 is 36.5 Å². The van der Waals surface area contributed by atoms with E-state index in [9.17, 15) is 21.2 Å². The van der Waals surface area contributed by atoms with E-state index in [1.807, 2.05) is 18.2 Å². The number of nitrogens with zero attached hydrogens (tertiary/aromatic N) is 2. The fourth-order valence-electron chi connectivity index (χ4n) is 2.82. The third-order valence-electron chi connectivity index (χ3n) is 4.35. The van der Waals surface area contributed by atoms with Crippen molar-refractivity contribution in [3.05, 3.63) is 65.9 Å². The van der Waals surface area contributed by atoms with E-state index in [4.69, 9.17) is 4.74 Å². The minimum atomic E-state index is -4.24. The third kappa shape index (κ3) is 4.17. The molecule has 30 heavy (non-hydrogen) atoms. The van der Waals surface area contributed by atoms with Crippen LogP contribution in [0.4, 0.5) is 9.52 Å². The lowest BCUT2D eigenvalue weighted by Gasteiger charge is -2.37. The Morgan fingerprint density at radius 2 is 1.83 bits per heavy atom. The van der Waals surface area contributed by atoms with Crippen molar-refractivity contribution in [2.24, 2.45) is 0 Å². The van der Waals surface area contributed by atoms with E-state index in [1.165, 1.54) is 6.20 Å². The summed E-state index contributed by atoms with van der Waals surface area (Å²) in [6.07, 6.45) is 1.09. The number of para-hydroxylation sites is 1. The SMILES string of the molecule is O=S(=O)(Nc1nccs1)c1ccc(S(=O)(=O)N2CC(Oc3ccccc3)C2)cc1F. The van der Waals surface area contributed by atoms with Gasteiger partial charge in [0.25, 0.3) is 10.0 Å². The quantitative estimate of drug-likeness (QED) is 0.570. The number of aromatic nitrogens is 1. The van der Waals surface area contributed by atoms with Crippen LogP contribution in [0, 0.1) is 5.82 Å². The number of hydrogen-bond acceptors (Lipinski definition) is 7. The van der Waals surface area contributed by atoms with Crippen LogP contribution in [-0.4, -0.2) is 45.3 Å². The van der Waals surface area contributed by atoms with Gasteiger partial charge in [-0.3, -0.25) is 4.72 Å². The molecule has 0 radical (unpaired) electrons. The number of thiazole rings is 1. The second-order valence-corrected chi connectivity index (χ2v) is 10.9. The minimum Gasteiger partial charge on any atom is -0.488 e. The molecule has 2 aromatic carbocycles. The summed E-state index contributed by atoms with van der Waals surface area (Å²) >= 11 is 1.03. The van der Waals surface area contributed by atoms with Crippen LogP contribution in [0.1, 0.15) is 0 Å². The second kappa shape index (κ2) is 7.95. The summed E-state index contributed by atoms with van der Waals surface area (Å²) < 4.78 is 73.6. The van der Waals surface area contributed by atoms with Crippen molar-refractivity contribution in [2.45, 2.75) is 15.9 Å². The molecule has 0 spiro atoms. The summed E-state index contributed by atoms with van der Waals surface area (Å²) in [4.78, 5) is 2.79. The Hall–Kier alpha value is -2.54. The normalized spacial score (nSPS) is 15.5. The summed E-state index contributed by atoms with van der Waals surface area (Å²) in [6.45, 7) is 0.231. The first kappa shape index (κ1) is 20.7. The minimum absolute atomic E-state index is 0.0798. The van der Waals surface area contributed by atoms with Gasteiger partial charge in [0, 0.05) is 11.6 Å². The Kier molecular flexibility index (Phi) is 5.49. The van der Waals surface area contributed by atoms with Crippen molar-refractivity contribution in [3.63, 3.8) is 0 Å². The molecule has 1 aromatic heterocycles. The maximum Gasteiger partial charge on any atom is 0.266 e. The average molecular weight is 470 g/mol. The molecule has 1 aliphatic rings. The van der Waals surface area contributed by atoms with Crippen molar-refractivity contribution in [1.82, 2.24) is 9.29 Å². The van der Waals surface area contributed by atoms with E-state index < -0.39 is 30.8 Å². The molecule has 1 N–H and O–H groups in total. The fourth-order valence-corrected chi connectivity index (χ4v) is 6.18. The van der Waals surface area contributed by atoms with Crippen molar-refractivity contribution in [3.8, 4) is 5.75 Å². The highest BCUT2D eigenvalue weighted by molar-refractivity contribution is 7.93. The predicted molar refractivity (Wildman–Crippen MR) is 109 cm³/mol. The van der Waals surface area contributed by atoms with Gasteiger partial charge in [0.15, 0.2) is 5.13 Å². The number of hydrogen-bond donors (Lipinski definition) is 1.